The van der Waals surface area contributed by atoms with E-state index in [1.165, 1.54) is 19.3 Å². The zero-order valence-electron chi connectivity index (χ0n) is 9.48. The van der Waals surface area contributed by atoms with E-state index in [0.29, 0.717) is 0 Å². The maximum Gasteiger partial charge on any atom is 0.365 e. The van der Waals surface area contributed by atoms with E-state index < -0.39 is 5.97 Å². The molecule has 4 saturated carbocycles. The molecule has 4 fully saturated rings. The van der Waals surface area contributed by atoms with Crippen LogP contribution in [0.3, 0.4) is 0 Å². The van der Waals surface area contributed by atoms with Crippen molar-refractivity contribution in [2.75, 3.05) is 0 Å². The van der Waals surface area contributed by atoms with Crippen LogP contribution in [0, 0.1) is 17.8 Å². The zero-order valence-corrected chi connectivity index (χ0v) is 9.48. The Bertz CT molecular complexity index is 286. The smallest absolute Gasteiger partial charge is 0.293 e. The zero-order chi connectivity index (χ0) is 11.2. The summed E-state index contributed by atoms with van der Waals surface area (Å²) in [6.45, 7) is 3.37. The lowest BCUT2D eigenvalue weighted by Gasteiger charge is -2.54. The van der Waals surface area contributed by atoms with E-state index >= 15 is 0 Å². The van der Waals surface area contributed by atoms with Crippen LogP contribution in [0.5, 0.6) is 0 Å². The molecule has 0 spiro atoms. The second-order valence-electron chi connectivity index (χ2n) is 5.79. The quantitative estimate of drug-likeness (QED) is 0.418. The molecule has 4 rings (SSSR count). The third-order valence-corrected chi connectivity index (χ3v) is 4.45. The van der Waals surface area contributed by atoms with Crippen LogP contribution in [0.2, 0.25) is 0 Å². The van der Waals surface area contributed by atoms with E-state index in [9.17, 15) is 4.79 Å². The molecule has 0 aliphatic heterocycles. The van der Waals surface area contributed by atoms with Crippen LogP contribution in [0.25, 0.3) is 0 Å². The van der Waals surface area contributed by atoms with Crippen molar-refractivity contribution in [1.29, 1.82) is 0 Å². The average molecular weight is 222 g/mol. The largest absolute Gasteiger partial charge is 0.365 e. The van der Waals surface area contributed by atoms with Gasteiger partial charge in [0.1, 0.15) is 5.60 Å². The van der Waals surface area contributed by atoms with Crippen LogP contribution in [-0.4, -0.2) is 11.6 Å². The van der Waals surface area contributed by atoms with Gasteiger partial charge in [0.15, 0.2) is 0 Å². The Balaban J connectivity index is 1.69. The van der Waals surface area contributed by atoms with Crippen molar-refractivity contribution in [3.8, 4) is 0 Å². The predicted molar refractivity (Wildman–Crippen MR) is 58.3 cm³/mol. The number of rotatable bonds is 3. The van der Waals surface area contributed by atoms with Gasteiger partial charge in [-0.1, -0.05) is 6.58 Å². The molecular weight excluding hydrogens is 204 g/mol. The molecule has 0 unspecified atom stereocenters. The normalized spacial score (nSPS) is 44.4. The van der Waals surface area contributed by atoms with Crippen molar-refractivity contribution in [3.63, 3.8) is 0 Å². The first-order valence-electron chi connectivity index (χ1n) is 6.21. The maximum absolute atomic E-state index is 11.0. The highest BCUT2D eigenvalue weighted by Crippen LogP contribution is 2.57. The lowest BCUT2D eigenvalue weighted by molar-refractivity contribution is -0.358. The summed E-state index contributed by atoms with van der Waals surface area (Å²) in [6, 6.07) is 0. The first kappa shape index (κ1) is 10.3. The molecule has 0 aromatic heterocycles. The molecule has 16 heavy (non-hydrogen) atoms. The highest BCUT2D eigenvalue weighted by Gasteiger charge is 2.53. The summed E-state index contributed by atoms with van der Waals surface area (Å²) in [5.41, 5.74) is -0.159. The van der Waals surface area contributed by atoms with Crippen LogP contribution >= 0.6 is 0 Å². The minimum Gasteiger partial charge on any atom is -0.293 e. The Morgan fingerprint density at radius 1 is 1.12 bits per heavy atom. The molecule has 4 bridgehead atoms. The van der Waals surface area contributed by atoms with Gasteiger partial charge in [0.05, 0.1) is 0 Å². The van der Waals surface area contributed by atoms with Gasteiger partial charge in [0.25, 0.3) is 0 Å². The molecule has 0 amide bonds. The van der Waals surface area contributed by atoms with E-state index in [1.54, 1.807) is 0 Å². The van der Waals surface area contributed by atoms with E-state index in [2.05, 4.69) is 6.58 Å². The molecule has 4 aliphatic rings. The molecule has 0 N–H and O–H groups in total. The average Bonchev–Trinajstić information content (AvgIpc) is 2.24. The van der Waals surface area contributed by atoms with Gasteiger partial charge in [-0.3, -0.25) is 4.89 Å². The molecule has 0 radical (unpaired) electrons. The van der Waals surface area contributed by atoms with Gasteiger partial charge in [-0.25, -0.2) is 4.79 Å². The topological polar surface area (TPSA) is 35.5 Å². The molecule has 3 heteroatoms. The Hall–Kier alpha value is -0.830. The summed E-state index contributed by atoms with van der Waals surface area (Å²) in [6.07, 6.45) is 8.45. The van der Waals surface area contributed by atoms with Crippen molar-refractivity contribution in [1.82, 2.24) is 0 Å². The number of carbonyl (C=O) groups excluding carboxylic acids is 1. The highest BCUT2D eigenvalue weighted by molar-refractivity contribution is 5.80. The van der Waals surface area contributed by atoms with Gasteiger partial charge >= 0.3 is 5.97 Å². The summed E-state index contributed by atoms with van der Waals surface area (Å²) in [4.78, 5) is 21.3. The number of carbonyl (C=O) groups is 1. The Morgan fingerprint density at radius 3 is 2.06 bits per heavy atom. The molecule has 0 aromatic rings. The van der Waals surface area contributed by atoms with Gasteiger partial charge in [-0.05, 0) is 56.3 Å². The van der Waals surface area contributed by atoms with Gasteiger partial charge in [-0.15, -0.1) is 0 Å². The van der Waals surface area contributed by atoms with Crippen LogP contribution in [0.1, 0.15) is 38.5 Å². The Kier molecular flexibility index (Phi) is 2.32. The van der Waals surface area contributed by atoms with Crippen molar-refractivity contribution < 1.29 is 14.6 Å². The van der Waals surface area contributed by atoms with E-state index in [1.807, 2.05) is 0 Å². The Labute approximate surface area is 95.7 Å². The van der Waals surface area contributed by atoms with Crippen molar-refractivity contribution in [2.24, 2.45) is 17.8 Å². The van der Waals surface area contributed by atoms with E-state index in [0.717, 1.165) is 43.1 Å². The summed E-state index contributed by atoms with van der Waals surface area (Å²) in [5, 5.41) is 0. The SMILES string of the molecule is C=CC(=O)OOC12CC3CC(CC(C3)C1)C2. The van der Waals surface area contributed by atoms with Gasteiger partial charge in [0, 0.05) is 6.08 Å². The van der Waals surface area contributed by atoms with E-state index in [-0.39, 0.29) is 5.60 Å². The minimum absolute atomic E-state index is 0.159. The molecule has 0 saturated heterocycles. The van der Waals surface area contributed by atoms with Crippen LogP contribution in [-0.2, 0) is 14.6 Å². The van der Waals surface area contributed by atoms with Crippen molar-refractivity contribution in [2.45, 2.75) is 44.1 Å². The fourth-order valence-corrected chi connectivity index (χ4v) is 4.30. The molecular formula is C13H18O3. The fraction of sp³-hybridized carbons (Fsp3) is 0.769. The minimum atomic E-state index is -0.476. The van der Waals surface area contributed by atoms with Crippen LogP contribution < -0.4 is 0 Å². The first-order valence-corrected chi connectivity index (χ1v) is 6.21. The number of hydrogen-bond acceptors (Lipinski definition) is 3. The molecule has 0 aromatic carbocycles. The molecule has 4 aliphatic carbocycles. The summed E-state index contributed by atoms with van der Waals surface area (Å²) in [7, 11) is 0. The molecule has 0 atom stereocenters. The molecule has 0 heterocycles. The van der Waals surface area contributed by atoms with E-state index in [4.69, 9.17) is 9.78 Å². The highest BCUT2D eigenvalue weighted by atomic mass is 17.2. The number of hydrogen-bond donors (Lipinski definition) is 0. The van der Waals surface area contributed by atoms with Crippen molar-refractivity contribution in [3.05, 3.63) is 12.7 Å². The van der Waals surface area contributed by atoms with Crippen LogP contribution in [0.15, 0.2) is 12.7 Å². The lowest BCUT2D eigenvalue weighted by Crippen LogP contribution is -2.52. The summed E-state index contributed by atoms with van der Waals surface area (Å²) < 4.78 is 0. The van der Waals surface area contributed by atoms with Gasteiger partial charge in [0.2, 0.25) is 0 Å². The summed E-state index contributed by atoms with van der Waals surface area (Å²) >= 11 is 0. The second-order valence-corrected chi connectivity index (χ2v) is 5.79. The monoisotopic (exact) mass is 222 g/mol. The van der Waals surface area contributed by atoms with Gasteiger partial charge in [-0.2, -0.15) is 4.89 Å². The van der Waals surface area contributed by atoms with Crippen molar-refractivity contribution >= 4 is 5.97 Å². The molecule has 3 nitrogen and oxygen atoms in total. The third kappa shape index (κ3) is 1.67. The second kappa shape index (κ2) is 3.59. The summed E-state index contributed by atoms with van der Waals surface area (Å²) in [5.74, 6) is 1.92. The lowest BCUT2D eigenvalue weighted by atomic mass is 9.54. The standard InChI is InChI=1S/C13H18O3/c1-2-12(14)15-16-13-6-9-3-10(7-13)5-11(4-9)8-13/h2,9-11H,1,3-8H2. The maximum atomic E-state index is 11.0. The fourth-order valence-electron chi connectivity index (χ4n) is 4.30. The Morgan fingerprint density at radius 2 is 1.62 bits per heavy atom. The first-order chi connectivity index (χ1) is 7.69. The third-order valence-electron chi connectivity index (χ3n) is 4.45. The van der Waals surface area contributed by atoms with Crippen LogP contribution in [0.4, 0.5) is 0 Å². The predicted octanol–water partition coefficient (Wildman–Crippen LogP) is 2.62. The molecule has 88 valence electrons. The van der Waals surface area contributed by atoms with Gasteiger partial charge < -0.3 is 0 Å².